The Balaban J connectivity index is 3.27. The Kier molecular flexibility index (Phi) is 3.64. The van der Waals surface area contributed by atoms with E-state index in [0.717, 1.165) is 12.1 Å². The number of hydrogen-bond acceptors (Lipinski definition) is 2. The second-order valence-electron chi connectivity index (χ2n) is 5.72. The standard InChI is InChI=1S/C14H23NO/c1-10-11(9-15(5)6)13(16)8-7-12(10)14(2,3)4/h7-8,16H,9H2,1-6H3. The molecule has 0 saturated heterocycles. The third-order valence-corrected chi connectivity index (χ3v) is 2.86. The molecular weight excluding hydrogens is 198 g/mol. The summed E-state index contributed by atoms with van der Waals surface area (Å²) in [5.74, 6) is 0.402. The number of benzene rings is 1. The lowest BCUT2D eigenvalue weighted by molar-refractivity contribution is 0.383. The van der Waals surface area contributed by atoms with Crippen LogP contribution in [0.15, 0.2) is 12.1 Å². The van der Waals surface area contributed by atoms with Crippen LogP contribution in [-0.4, -0.2) is 24.1 Å². The van der Waals surface area contributed by atoms with Gasteiger partial charge in [0.1, 0.15) is 5.75 Å². The lowest BCUT2D eigenvalue weighted by Gasteiger charge is -2.25. The van der Waals surface area contributed by atoms with E-state index >= 15 is 0 Å². The van der Waals surface area contributed by atoms with Crippen molar-refractivity contribution in [3.8, 4) is 5.75 Å². The van der Waals surface area contributed by atoms with Gasteiger partial charge in [0, 0.05) is 12.1 Å². The van der Waals surface area contributed by atoms with Crippen LogP contribution in [0, 0.1) is 6.92 Å². The molecule has 1 rings (SSSR count). The molecule has 0 heterocycles. The summed E-state index contributed by atoms with van der Waals surface area (Å²) in [6, 6.07) is 3.84. The first-order valence-corrected chi connectivity index (χ1v) is 5.70. The molecule has 0 aliphatic heterocycles. The molecule has 0 aliphatic rings. The molecule has 0 aliphatic carbocycles. The molecule has 1 N–H and O–H groups in total. The molecule has 0 atom stereocenters. The molecule has 0 radical (unpaired) electrons. The summed E-state index contributed by atoms with van der Waals surface area (Å²) < 4.78 is 0. The van der Waals surface area contributed by atoms with Gasteiger partial charge in [-0.2, -0.15) is 0 Å². The Morgan fingerprint density at radius 2 is 1.75 bits per heavy atom. The van der Waals surface area contributed by atoms with Gasteiger partial charge >= 0.3 is 0 Å². The van der Waals surface area contributed by atoms with Gasteiger partial charge in [-0.05, 0) is 43.6 Å². The largest absolute Gasteiger partial charge is 0.508 e. The zero-order valence-corrected chi connectivity index (χ0v) is 11.3. The van der Waals surface area contributed by atoms with Crippen molar-refractivity contribution < 1.29 is 5.11 Å². The minimum absolute atomic E-state index is 0.124. The fraction of sp³-hybridized carbons (Fsp3) is 0.571. The first-order chi connectivity index (χ1) is 7.23. The fourth-order valence-electron chi connectivity index (χ4n) is 2.07. The molecule has 0 unspecified atom stereocenters. The molecule has 90 valence electrons. The molecule has 0 fully saturated rings. The first-order valence-electron chi connectivity index (χ1n) is 5.70. The van der Waals surface area contributed by atoms with Gasteiger partial charge in [-0.25, -0.2) is 0 Å². The van der Waals surface area contributed by atoms with Crippen LogP contribution in [0.1, 0.15) is 37.5 Å². The average Bonchev–Trinajstić information content (AvgIpc) is 2.09. The molecule has 2 nitrogen and oxygen atoms in total. The summed E-state index contributed by atoms with van der Waals surface area (Å²) in [6.45, 7) is 9.48. The maximum absolute atomic E-state index is 9.90. The van der Waals surface area contributed by atoms with E-state index in [-0.39, 0.29) is 5.41 Å². The molecule has 16 heavy (non-hydrogen) atoms. The highest BCUT2D eigenvalue weighted by Crippen LogP contribution is 2.32. The minimum Gasteiger partial charge on any atom is -0.508 e. The topological polar surface area (TPSA) is 23.5 Å². The van der Waals surface area contributed by atoms with Gasteiger partial charge in [0.15, 0.2) is 0 Å². The van der Waals surface area contributed by atoms with Crippen LogP contribution >= 0.6 is 0 Å². The van der Waals surface area contributed by atoms with E-state index in [1.165, 1.54) is 11.1 Å². The molecular formula is C14H23NO. The molecule has 0 bridgehead atoms. The molecule has 1 aromatic rings. The maximum atomic E-state index is 9.90. The van der Waals surface area contributed by atoms with Gasteiger partial charge in [-0.3, -0.25) is 0 Å². The summed E-state index contributed by atoms with van der Waals surface area (Å²) in [5, 5.41) is 9.90. The minimum atomic E-state index is 0.124. The molecule has 1 aromatic carbocycles. The van der Waals surface area contributed by atoms with Crippen LogP contribution < -0.4 is 0 Å². The Morgan fingerprint density at radius 1 is 1.19 bits per heavy atom. The summed E-state index contributed by atoms with van der Waals surface area (Å²) >= 11 is 0. The van der Waals surface area contributed by atoms with Gasteiger partial charge < -0.3 is 10.0 Å². The maximum Gasteiger partial charge on any atom is 0.120 e. The van der Waals surface area contributed by atoms with Crippen LogP contribution in [0.3, 0.4) is 0 Å². The Bertz CT molecular complexity index is 375. The number of hydrogen-bond donors (Lipinski definition) is 1. The van der Waals surface area contributed by atoms with Crippen LogP contribution in [0.2, 0.25) is 0 Å². The van der Waals surface area contributed by atoms with Crippen LogP contribution in [-0.2, 0) is 12.0 Å². The highest BCUT2D eigenvalue weighted by atomic mass is 16.3. The van der Waals surface area contributed by atoms with Crippen LogP contribution in [0.25, 0.3) is 0 Å². The monoisotopic (exact) mass is 221 g/mol. The van der Waals surface area contributed by atoms with Crippen molar-refractivity contribution in [1.82, 2.24) is 4.90 Å². The first kappa shape index (κ1) is 13.0. The summed E-state index contributed by atoms with van der Waals surface area (Å²) in [4.78, 5) is 2.08. The summed E-state index contributed by atoms with van der Waals surface area (Å²) in [5.41, 5.74) is 3.68. The van der Waals surface area contributed by atoms with Crippen molar-refractivity contribution >= 4 is 0 Å². The van der Waals surface area contributed by atoms with E-state index in [4.69, 9.17) is 0 Å². The fourth-order valence-corrected chi connectivity index (χ4v) is 2.07. The Morgan fingerprint density at radius 3 is 2.19 bits per heavy atom. The predicted octanol–water partition coefficient (Wildman–Crippen LogP) is 3.06. The van der Waals surface area contributed by atoms with Crippen LogP contribution in [0.4, 0.5) is 0 Å². The van der Waals surface area contributed by atoms with Crippen molar-refractivity contribution in [2.45, 2.75) is 39.7 Å². The van der Waals surface area contributed by atoms with Crippen molar-refractivity contribution in [3.05, 3.63) is 28.8 Å². The number of phenolic OH excluding ortho intramolecular Hbond substituents is 1. The average molecular weight is 221 g/mol. The molecule has 0 spiro atoms. The second-order valence-corrected chi connectivity index (χ2v) is 5.72. The summed E-state index contributed by atoms with van der Waals surface area (Å²) in [6.07, 6.45) is 0. The van der Waals surface area contributed by atoms with Gasteiger partial charge in [0.2, 0.25) is 0 Å². The van der Waals surface area contributed by atoms with E-state index < -0.39 is 0 Å². The zero-order chi connectivity index (χ0) is 12.5. The van der Waals surface area contributed by atoms with Gasteiger partial charge in [-0.15, -0.1) is 0 Å². The van der Waals surface area contributed by atoms with E-state index in [0.29, 0.717) is 5.75 Å². The number of nitrogens with zero attached hydrogens (tertiary/aromatic N) is 1. The highest BCUT2D eigenvalue weighted by molar-refractivity contribution is 5.46. The van der Waals surface area contributed by atoms with Crippen LogP contribution in [0.5, 0.6) is 5.75 Å². The summed E-state index contributed by atoms with van der Waals surface area (Å²) in [7, 11) is 4.03. The third-order valence-electron chi connectivity index (χ3n) is 2.86. The smallest absolute Gasteiger partial charge is 0.120 e. The quantitative estimate of drug-likeness (QED) is 0.829. The van der Waals surface area contributed by atoms with E-state index in [1.54, 1.807) is 0 Å². The zero-order valence-electron chi connectivity index (χ0n) is 11.3. The number of rotatable bonds is 2. The van der Waals surface area contributed by atoms with E-state index in [9.17, 15) is 5.11 Å². The lowest BCUT2D eigenvalue weighted by atomic mass is 9.82. The Hall–Kier alpha value is -1.02. The highest BCUT2D eigenvalue weighted by Gasteiger charge is 2.19. The number of aromatic hydroxyl groups is 1. The Labute approximate surface area is 98.9 Å². The van der Waals surface area contributed by atoms with Crippen molar-refractivity contribution in [2.75, 3.05) is 14.1 Å². The SMILES string of the molecule is Cc1c(C(C)(C)C)ccc(O)c1CN(C)C. The predicted molar refractivity (Wildman–Crippen MR) is 68.9 cm³/mol. The van der Waals surface area contributed by atoms with E-state index in [2.05, 4.69) is 32.6 Å². The van der Waals surface area contributed by atoms with Gasteiger partial charge in [-0.1, -0.05) is 26.8 Å². The molecule has 0 aromatic heterocycles. The van der Waals surface area contributed by atoms with E-state index in [1.807, 2.05) is 26.2 Å². The van der Waals surface area contributed by atoms with Gasteiger partial charge in [0.25, 0.3) is 0 Å². The molecule has 0 saturated carbocycles. The van der Waals surface area contributed by atoms with Crippen molar-refractivity contribution in [1.29, 1.82) is 0 Å². The van der Waals surface area contributed by atoms with Crippen molar-refractivity contribution in [2.24, 2.45) is 0 Å². The van der Waals surface area contributed by atoms with Crippen molar-refractivity contribution in [3.63, 3.8) is 0 Å². The lowest BCUT2D eigenvalue weighted by Crippen LogP contribution is -2.17. The normalized spacial score (nSPS) is 12.2. The van der Waals surface area contributed by atoms with Gasteiger partial charge in [0.05, 0.1) is 0 Å². The third kappa shape index (κ3) is 2.76. The number of phenols is 1. The molecule has 2 heteroatoms. The second kappa shape index (κ2) is 4.46. The molecule has 0 amide bonds.